The van der Waals surface area contributed by atoms with E-state index in [2.05, 4.69) is 58.7 Å². The van der Waals surface area contributed by atoms with Crippen molar-refractivity contribution in [3.05, 3.63) is 44.8 Å². The number of hydrogen-bond donors (Lipinski definition) is 2. The van der Waals surface area contributed by atoms with Gasteiger partial charge < -0.3 is 4.57 Å². The fourth-order valence-corrected chi connectivity index (χ4v) is 3.12. The average Bonchev–Trinajstić information content (AvgIpc) is 3.18. The molecule has 0 bridgehead atoms. The van der Waals surface area contributed by atoms with Crippen molar-refractivity contribution in [1.82, 2.24) is 29.2 Å². The van der Waals surface area contributed by atoms with Gasteiger partial charge in [-0.2, -0.15) is 14.9 Å². The van der Waals surface area contributed by atoms with E-state index in [4.69, 9.17) is 24.4 Å². The van der Waals surface area contributed by atoms with Crippen molar-refractivity contribution in [2.24, 2.45) is 5.10 Å². The van der Waals surface area contributed by atoms with Gasteiger partial charge in [-0.25, -0.2) is 4.68 Å². The van der Waals surface area contributed by atoms with Crippen LogP contribution in [-0.2, 0) is 0 Å². The van der Waals surface area contributed by atoms with Crippen LogP contribution >= 0.6 is 24.4 Å². The molecule has 3 aromatic rings. The molecular formula is C15H19N7S2. The third kappa shape index (κ3) is 2.80. The smallest absolute Gasteiger partial charge is 0.215 e. The summed E-state index contributed by atoms with van der Waals surface area (Å²) in [6.45, 7) is 8.35. The van der Waals surface area contributed by atoms with Crippen molar-refractivity contribution in [3.63, 3.8) is 0 Å². The van der Waals surface area contributed by atoms with Gasteiger partial charge in [0.15, 0.2) is 0 Å². The second-order valence-electron chi connectivity index (χ2n) is 5.81. The first kappa shape index (κ1) is 16.6. The van der Waals surface area contributed by atoms with Gasteiger partial charge in [0, 0.05) is 29.1 Å². The molecule has 9 heteroatoms. The van der Waals surface area contributed by atoms with Crippen LogP contribution in [0, 0.1) is 23.4 Å². The summed E-state index contributed by atoms with van der Waals surface area (Å²) in [5.41, 5.74) is 3.19. The fraction of sp³-hybridized carbons (Fsp3) is 0.333. The zero-order chi connectivity index (χ0) is 17.4. The number of aromatic amines is 2. The molecule has 0 aliphatic heterocycles. The molecule has 7 nitrogen and oxygen atoms in total. The third-order valence-electron chi connectivity index (χ3n) is 3.81. The average molecular weight is 362 g/mol. The van der Waals surface area contributed by atoms with Crippen molar-refractivity contribution in [2.75, 3.05) is 0 Å². The predicted octanol–water partition coefficient (Wildman–Crippen LogP) is 3.67. The van der Waals surface area contributed by atoms with Crippen LogP contribution in [0.1, 0.15) is 36.8 Å². The number of nitrogens with zero attached hydrogens (tertiary/aromatic N) is 5. The summed E-state index contributed by atoms with van der Waals surface area (Å²) in [5, 5.41) is 14.3. The molecule has 3 heterocycles. The lowest BCUT2D eigenvalue weighted by atomic mass is 10.3. The molecule has 0 spiro atoms. The Bertz CT molecular complexity index is 982. The van der Waals surface area contributed by atoms with Gasteiger partial charge >= 0.3 is 0 Å². The Morgan fingerprint density at radius 2 is 1.88 bits per heavy atom. The summed E-state index contributed by atoms with van der Waals surface area (Å²) in [4.78, 5) is 0. The Balaban J connectivity index is 2.06. The van der Waals surface area contributed by atoms with Crippen LogP contribution in [0.2, 0.25) is 0 Å². The standard InChI is InChI=1S/C15H19N7S2/c1-9(2)21-13(5-6-16-21)20-10(3)7-12(11(20)4)8-17-22-14(23)18-19-15(22)24/h5-9H,1-4H3,(H,18,23)(H,19,24)/b17-8-. The van der Waals surface area contributed by atoms with E-state index in [-0.39, 0.29) is 6.04 Å². The van der Waals surface area contributed by atoms with Crippen molar-refractivity contribution in [2.45, 2.75) is 33.7 Å². The maximum atomic E-state index is 5.14. The molecule has 126 valence electrons. The summed E-state index contributed by atoms with van der Waals surface area (Å²) in [6, 6.07) is 4.38. The van der Waals surface area contributed by atoms with Gasteiger partial charge in [0.2, 0.25) is 9.54 Å². The van der Waals surface area contributed by atoms with Crippen LogP contribution < -0.4 is 0 Å². The SMILES string of the molecule is Cc1cc(/C=N\n2c(=S)[nH][nH]c2=S)c(C)n1-c1ccnn1C(C)C. The number of nitrogens with one attached hydrogen (secondary N) is 2. The van der Waals surface area contributed by atoms with Crippen LogP contribution in [0.5, 0.6) is 0 Å². The minimum Gasteiger partial charge on any atom is -0.303 e. The fourth-order valence-electron chi connectivity index (χ4n) is 2.68. The van der Waals surface area contributed by atoms with Gasteiger partial charge in [0.1, 0.15) is 5.82 Å². The molecule has 0 unspecified atom stereocenters. The lowest BCUT2D eigenvalue weighted by molar-refractivity contribution is 0.519. The molecule has 0 radical (unpaired) electrons. The van der Waals surface area contributed by atoms with Crippen LogP contribution in [0.25, 0.3) is 5.82 Å². The highest BCUT2D eigenvalue weighted by Crippen LogP contribution is 2.21. The molecule has 0 atom stereocenters. The Hall–Kier alpha value is -2.26. The highest BCUT2D eigenvalue weighted by atomic mass is 32.1. The molecule has 0 saturated carbocycles. The number of H-pyrrole nitrogens is 2. The lowest BCUT2D eigenvalue weighted by Gasteiger charge is -2.14. The zero-order valence-corrected chi connectivity index (χ0v) is 15.6. The van der Waals surface area contributed by atoms with E-state index < -0.39 is 0 Å². The van der Waals surface area contributed by atoms with E-state index in [0.29, 0.717) is 9.54 Å². The second-order valence-corrected chi connectivity index (χ2v) is 6.58. The molecule has 2 N–H and O–H groups in total. The van der Waals surface area contributed by atoms with Gasteiger partial charge in [-0.05, 0) is 58.2 Å². The maximum Gasteiger partial charge on any atom is 0.215 e. The molecule has 0 aliphatic carbocycles. The summed E-state index contributed by atoms with van der Waals surface area (Å²) < 4.78 is 6.52. The topological polar surface area (TPSA) is 71.6 Å². The van der Waals surface area contributed by atoms with Crippen LogP contribution in [-0.4, -0.2) is 35.4 Å². The molecule has 24 heavy (non-hydrogen) atoms. The Morgan fingerprint density at radius 3 is 2.50 bits per heavy atom. The van der Waals surface area contributed by atoms with Crippen molar-refractivity contribution in [3.8, 4) is 5.82 Å². The first-order chi connectivity index (χ1) is 11.4. The number of rotatable bonds is 4. The quantitative estimate of drug-likeness (QED) is 0.550. The summed E-state index contributed by atoms with van der Waals surface area (Å²) in [5.74, 6) is 1.04. The zero-order valence-electron chi connectivity index (χ0n) is 13.9. The van der Waals surface area contributed by atoms with Crippen LogP contribution in [0.3, 0.4) is 0 Å². The number of aromatic nitrogens is 6. The van der Waals surface area contributed by atoms with Gasteiger partial charge in [-0.1, -0.05) is 0 Å². The molecule has 3 rings (SSSR count). The normalized spacial score (nSPS) is 11.9. The Morgan fingerprint density at radius 1 is 1.21 bits per heavy atom. The van der Waals surface area contributed by atoms with E-state index in [1.54, 1.807) is 6.21 Å². The van der Waals surface area contributed by atoms with Gasteiger partial charge in [0.25, 0.3) is 0 Å². The van der Waals surface area contributed by atoms with E-state index in [1.165, 1.54) is 4.68 Å². The molecule has 3 aromatic heterocycles. The third-order valence-corrected chi connectivity index (χ3v) is 4.36. The van der Waals surface area contributed by atoms with Gasteiger partial charge in [-0.3, -0.25) is 10.2 Å². The Kier molecular flexibility index (Phi) is 4.37. The predicted molar refractivity (Wildman–Crippen MR) is 99.2 cm³/mol. The molecule has 0 aliphatic rings. The molecular weight excluding hydrogens is 342 g/mol. The molecule has 0 fully saturated rings. The highest BCUT2D eigenvalue weighted by molar-refractivity contribution is 7.72. The maximum absolute atomic E-state index is 5.14. The van der Waals surface area contributed by atoms with Gasteiger partial charge in [-0.15, -0.1) is 0 Å². The molecule has 0 saturated heterocycles. The van der Waals surface area contributed by atoms with Crippen LogP contribution in [0.4, 0.5) is 0 Å². The summed E-state index contributed by atoms with van der Waals surface area (Å²) in [6.07, 6.45) is 3.59. The summed E-state index contributed by atoms with van der Waals surface area (Å²) in [7, 11) is 0. The van der Waals surface area contributed by atoms with Crippen molar-refractivity contribution < 1.29 is 0 Å². The minimum absolute atomic E-state index is 0.282. The monoisotopic (exact) mass is 361 g/mol. The second kappa shape index (κ2) is 6.33. The molecule has 0 amide bonds. The Labute approximate surface area is 149 Å². The van der Waals surface area contributed by atoms with Crippen molar-refractivity contribution >= 4 is 30.7 Å². The van der Waals surface area contributed by atoms with E-state index in [0.717, 1.165) is 22.8 Å². The number of hydrogen-bond acceptors (Lipinski definition) is 4. The largest absolute Gasteiger partial charge is 0.303 e. The van der Waals surface area contributed by atoms with Gasteiger partial charge in [0.05, 0.1) is 12.4 Å². The lowest BCUT2D eigenvalue weighted by Crippen LogP contribution is -2.11. The first-order valence-electron chi connectivity index (χ1n) is 7.57. The van der Waals surface area contributed by atoms with E-state index in [9.17, 15) is 0 Å². The van der Waals surface area contributed by atoms with E-state index >= 15 is 0 Å². The van der Waals surface area contributed by atoms with Crippen molar-refractivity contribution in [1.29, 1.82) is 0 Å². The highest BCUT2D eigenvalue weighted by Gasteiger charge is 2.14. The summed E-state index contributed by atoms with van der Waals surface area (Å²) >= 11 is 10.3. The van der Waals surface area contributed by atoms with E-state index in [1.807, 2.05) is 16.9 Å². The minimum atomic E-state index is 0.282. The molecule has 0 aromatic carbocycles. The van der Waals surface area contributed by atoms with Crippen LogP contribution in [0.15, 0.2) is 23.4 Å². The first-order valence-corrected chi connectivity index (χ1v) is 8.38. The number of aryl methyl sites for hydroxylation is 1.